The SMILES string of the molecule is c1ccc(-c2nc(-c3ccccc3)nc(-c3ccc(-c4ccc5sc6ccccc6c5c4)cc3-c3cccc4oc5ccccc5c34)n2)cc1. The van der Waals surface area contributed by atoms with E-state index in [9.17, 15) is 0 Å². The van der Waals surface area contributed by atoms with Crippen molar-refractivity contribution < 1.29 is 4.42 Å². The van der Waals surface area contributed by atoms with Gasteiger partial charge in [0.2, 0.25) is 0 Å². The molecule has 3 heterocycles. The van der Waals surface area contributed by atoms with Gasteiger partial charge in [-0.15, -0.1) is 11.3 Å². The van der Waals surface area contributed by atoms with Gasteiger partial charge in [0.05, 0.1) is 0 Å². The number of furan rings is 1. The molecule has 0 radical (unpaired) electrons. The first-order valence-electron chi connectivity index (χ1n) is 16.6. The summed E-state index contributed by atoms with van der Waals surface area (Å²) in [5, 5.41) is 4.70. The molecule has 0 unspecified atom stereocenters. The first kappa shape index (κ1) is 28.6. The Morgan fingerprint density at radius 2 is 0.960 bits per heavy atom. The molecule has 0 saturated carbocycles. The minimum absolute atomic E-state index is 0.614. The van der Waals surface area contributed by atoms with E-state index in [4.69, 9.17) is 19.4 Å². The molecule has 0 N–H and O–H groups in total. The van der Waals surface area contributed by atoms with E-state index in [1.807, 2.05) is 90.2 Å². The Morgan fingerprint density at radius 3 is 1.74 bits per heavy atom. The predicted molar refractivity (Wildman–Crippen MR) is 207 cm³/mol. The standard InChI is InChI=1S/C45H27N3OS/c1-3-12-28(13-4-1)43-46-44(29-14-5-2-6-15-29)48-45(47-43)34-24-22-30(31-23-25-41-37(27-31)32-16-8-10-21-40(32)50-41)26-36(34)33-18-11-20-39-42(33)35-17-7-9-19-38(35)49-39/h1-27H. The van der Waals surface area contributed by atoms with Crippen molar-refractivity contribution in [2.45, 2.75) is 0 Å². The molecule has 0 aliphatic carbocycles. The van der Waals surface area contributed by atoms with Gasteiger partial charge in [0.25, 0.3) is 0 Å². The lowest BCUT2D eigenvalue weighted by molar-refractivity contribution is 0.669. The topological polar surface area (TPSA) is 51.8 Å². The van der Waals surface area contributed by atoms with Crippen molar-refractivity contribution in [3.05, 3.63) is 164 Å². The van der Waals surface area contributed by atoms with Gasteiger partial charge in [-0.3, -0.25) is 0 Å². The van der Waals surface area contributed by atoms with Crippen LogP contribution in [0.5, 0.6) is 0 Å². The Labute approximate surface area is 292 Å². The predicted octanol–water partition coefficient (Wildman–Crippen LogP) is 12.5. The second-order valence-corrected chi connectivity index (χ2v) is 13.5. The molecule has 0 aliphatic heterocycles. The summed E-state index contributed by atoms with van der Waals surface area (Å²) in [5.41, 5.74) is 8.86. The Morgan fingerprint density at radius 1 is 0.360 bits per heavy atom. The van der Waals surface area contributed by atoms with Crippen LogP contribution in [0.25, 0.3) is 98.5 Å². The average Bonchev–Trinajstić information content (AvgIpc) is 3.76. The molecule has 0 bridgehead atoms. The lowest BCUT2D eigenvalue weighted by Crippen LogP contribution is -2.01. The lowest BCUT2D eigenvalue weighted by atomic mass is 9.91. The van der Waals surface area contributed by atoms with Gasteiger partial charge < -0.3 is 4.42 Å². The van der Waals surface area contributed by atoms with Gasteiger partial charge in [0, 0.05) is 47.6 Å². The molecule has 7 aromatic carbocycles. The minimum Gasteiger partial charge on any atom is -0.456 e. The summed E-state index contributed by atoms with van der Waals surface area (Å²) >= 11 is 1.83. The van der Waals surface area contributed by atoms with Gasteiger partial charge >= 0.3 is 0 Å². The van der Waals surface area contributed by atoms with E-state index < -0.39 is 0 Å². The summed E-state index contributed by atoms with van der Waals surface area (Å²) in [7, 11) is 0. The molecule has 10 aromatic rings. The normalized spacial score (nSPS) is 11.6. The van der Waals surface area contributed by atoms with Crippen molar-refractivity contribution in [2.75, 3.05) is 0 Å². The largest absolute Gasteiger partial charge is 0.456 e. The number of thiophene rings is 1. The van der Waals surface area contributed by atoms with Crippen molar-refractivity contribution >= 4 is 53.4 Å². The summed E-state index contributed by atoms with van der Waals surface area (Å²) in [6, 6.07) is 56.9. The molecular formula is C45H27N3OS. The fourth-order valence-corrected chi connectivity index (χ4v) is 8.06. The van der Waals surface area contributed by atoms with Gasteiger partial charge in [0.15, 0.2) is 17.5 Å². The summed E-state index contributed by atoms with van der Waals surface area (Å²) in [6.07, 6.45) is 0. The highest BCUT2D eigenvalue weighted by molar-refractivity contribution is 7.25. The molecule has 0 spiro atoms. The highest BCUT2D eigenvalue weighted by Crippen LogP contribution is 2.43. The zero-order valence-corrected chi connectivity index (χ0v) is 27.6. The van der Waals surface area contributed by atoms with Crippen LogP contribution >= 0.6 is 11.3 Å². The molecule has 3 aromatic heterocycles. The number of hydrogen-bond donors (Lipinski definition) is 0. The molecule has 5 heteroatoms. The van der Waals surface area contributed by atoms with Gasteiger partial charge in [-0.1, -0.05) is 121 Å². The zero-order chi connectivity index (χ0) is 33.0. The maximum Gasteiger partial charge on any atom is 0.164 e. The fraction of sp³-hybridized carbons (Fsp3) is 0. The molecule has 0 aliphatic rings. The third-order valence-electron chi connectivity index (χ3n) is 9.36. The number of nitrogens with zero attached hydrogens (tertiary/aromatic N) is 3. The summed E-state index contributed by atoms with van der Waals surface area (Å²) < 4.78 is 8.95. The van der Waals surface area contributed by atoms with Crippen LogP contribution in [0.1, 0.15) is 0 Å². The van der Waals surface area contributed by atoms with Crippen LogP contribution in [-0.4, -0.2) is 15.0 Å². The maximum absolute atomic E-state index is 6.37. The van der Waals surface area contributed by atoms with Crippen molar-refractivity contribution in [1.29, 1.82) is 0 Å². The van der Waals surface area contributed by atoms with Crippen LogP contribution in [0.3, 0.4) is 0 Å². The quantitative estimate of drug-likeness (QED) is 0.185. The molecule has 50 heavy (non-hydrogen) atoms. The van der Waals surface area contributed by atoms with E-state index in [0.717, 1.165) is 60.9 Å². The highest BCUT2D eigenvalue weighted by Gasteiger charge is 2.20. The van der Waals surface area contributed by atoms with Gasteiger partial charge in [-0.05, 0) is 64.7 Å². The number of aromatic nitrogens is 3. The van der Waals surface area contributed by atoms with Crippen molar-refractivity contribution in [1.82, 2.24) is 15.0 Å². The Kier molecular flexibility index (Phi) is 6.64. The highest BCUT2D eigenvalue weighted by atomic mass is 32.1. The first-order chi connectivity index (χ1) is 24.8. The van der Waals surface area contributed by atoms with E-state index in [0.29, 0.717) is 17.5 Å². The Hall–Kier alpha value is -6.43. The van der Waals surface area contributed by atoms with Gasteiger partial charge in [0.1, 0.15) is 11.2 Å². The molecule has 0 saturated heterocycles. The molecule has 0 atom stereocenters. The number of hydrogen-bond acceptors (Lipinski definition) is 5. The van der Waals surface area contributed by atoms with Crippen LogP contribution in [0.2, 0.25) is 0 Å². The zero-order valence-electron chi connectivity index (χ0n) is 26.7. The lowest BCUT2D eigenvalue weighted by Gasteiger charge is -2.15. The van der Waals surface area contributed by atoms with E-state index >= 15 is 0 Å². The molecule has 0 fully saturated rings. The van der Waals surface area contributed by atoms with E-state index in [2.05, 4.69) is 84.9 Å². The monoisotopic (exact) mass is 657 g/mol. The number of rotatable bonds is 5. The number of fused-ring (bicyclic) bond motifs is 6. The van der Waals surface area contributed by atoms with E-state index in [-0.39, 0.29) is 0 Å². The molecule has 0 amide bonds. The minimum atomic E-state index is 0.614. The summed E-state index contributed by atoms with van der Waals surface area (Å²) in [5.74, 6) is 1.88. The van der Waals surface area contributed by atoms with Gasteiger partial charge in [-0.25, -0.2) is 15.0 Å². The number of para-hydroxylation sites is 1. The Balaban J connectivity index is 1.25. The second-order valence-electron chi connectivity index (χ2n) is 12.4. The van der Waals surface area contributed by atoms with E-state index in [1.54, 1.807) is 0 Å². The molecule has 10 rings (SSSR count). The molecular weight excluding hydrogens is 631 g/mol. The van der Waals surface area contributed by atoms with Crippen LogP contribution in [0.15, 0.2) is 168 Å². The second kappa shape index (κ2) is 11.6. The van der Waals surface area contributed by atoms with Crippen LogP contribution in [0, 0.1) is 0 Å². The molecule has 4 nitrogen and oxygen atoms in total. The van der Waals surface area contributed by atoms with Crippen molar-refractivity contribution in [2.24, 2.45) is 0 Å². The van der Waals surface area contributed by atoms with Crippen LogP contribution in [0.4, 0.5) is 0 Å². The maximum atomic E-state index is 6.37. The smallest absolute Gasteiger partial charge is 0.164 e. The van der Waals surface area contributed by atoms with Crippen LogP contribution in [-0.2, 0) is 0 Å². The summed E-state index contributed by atoms with van der Waals surface area (Å²) in [4.78, 5) is 15.2. The van der Waals surface area contributed by atoms with Gasteiger partial charge in [-0.2, -0.15) is 0 Å². The first-order valence-corrected chi connectivity index (χ1v) is 17.4. The third-order valence-corrected chi connectivity index (χ3v) is 10.5. The third kappa shape index (κ3) is 4.79. The fourth-order valence-electron chi connectivity index (χ4n) is 6.98. The Bertz CT molecular complexity index is 2820. The number of benzene rings is 7. The van der Waals surface area contributed by atoms with Crippen molar-refractivity contribution in [3.8, 4) is 56.4 Å². The summed E-state index contributed by atoms with van der Waals surface area (Å²) in [6.45, 7) is 0. The van der Waals surface area contributed by atoms with E-state index in [1.165, 1.54) is 20.2 Å². The molecule has 234 valence electrons. The average molecular weight is 658 g/mol. The van der Waals surface area contributed by atoms with Crippen molar-refractivity contribution in [3.63, 3.8) is 0 Å². The van der Waals surface area contributed by atoms with Crippen LogP contribution < -0.4 is 0 Å².